The number of nitrogens with zero attached hydrogens (tertiary/aromatic N) is 2. The van der Waals surface area contributed by atoms with Crippen molar-refractivity contribution in [2.24, 2.45) is 5.92 Å². The molecule has 80 valence electrons. The first-order chi connectivity index (χ1) is 6.56. The number of ether oxygens (including phenoxy) is 1. The molecule has 1 unspecified atom stereocenters. The van der Waals surface area contributed by atoms with E-state index in [1.807, 2.05) is 11.6 Å². The average molecular weight is 197 g/mol. The van der Waals surface area contributed by atoms with Gasteiger partial charge in [0.05, 0.1) is 30.2 Å². The van der Waals surface area contributed by atoms with E-state index in [1.54, 1.807) is 13.3 Å². The molecular formula is C10H19N3O. The number of rotatable bonds is 4. The molecular weight excluding hydrogens is 178 g/mol. The van der Waals surface area contributed by atoms with Crippen molar-refractivity contribution in [1.29, 1.82) is 0 Å². The zero-order valence-electron chi connectivity index (χ0n) is 9.32. The summed E-state index contributed by atoms with van der Waals surface area (Å²) in [4.78, 5) is 0. The summed E-state index contributed by atoms with van der Waals surface area (Å²) >= 11 is 0. The van der Waals surface area contributed by atoms with Crippen LogP contribution in [0.2, 0.25) is 0 Å². The zero-order chi connectivity index (χ0) is 10.7. The van der Waals surface area contributed by atoms with Crippen LogP contribution in [-0.4, -0.2) is 23.0 Å². The van der Waals surface area contributed by atoms with E-state index in [4.69, 9.17) is 10.5 Å². The van der Waals surface area contributed by atoms with Crippen LogP contribution in [-0.2, 0) is 11.3 Å². The monoisotopic (exact) mass is 197 g/mol. The second-order valence-electron chi connectivity index (χ2n) is 3.89. The summed E-state index contributed by atoms with van der Waals surface area (Å²) < 4.78 is 7.27. The maximum atomic E-state index is 5.71. The van der Waals surface area contributed by atoms with Crippen LogP contribution in [0.4, 0.5) is 5.69 Å². The molecule has 1 heterocycles. The van der Waals surface area contributed by atoms with Crippen LogP contribution in [0.25, 0.3) is 0 Å². The fourth-order valence-corrected chi connectivity index (χ4v) is 1.37. The molecule has 0 aromatic carbocycles. The number of nitrogens with two attached hydrogens (primary N) is 1. The van der Waals surface area contributed by atoms with E-state index in [-0.39, 0.29) is 6.10 Å². The Bertz CT molecular complexity index is 294. The van der Waals surface area contributed by atoms with Gasteiger partial charge in [0.15, 0.2) is 0 Å². The molecule has 0 fully saturated rings. The van der Waals surface area contributed by atoms with Crippen molar-refractivity contribution in [1.82, 2.24) is 9.78 Å². The minimum atomic E-state index is 0.188. The smallest absolute Gasteiger partial charge is 0.0790 e. The van der Waals surface area contributed by atoms with Crippen molar-refractivity contribution in [2.75, 3.05) is 12.8 Å². The van der Waals surface area contributed by atoms with E-state index in [0.717, 1.165) is 17.9 Å². The number of aromatic nitrogens is 2. The number of hydrogen-bond acceptors (Lipinski definition) is 3. The Balaban J connectivity index is 2.72. The van der Waals surface area contributed by atoms with Crippen LogP contribution < -0.4 is 5.73 Å². The average Bonchev–Trinajstić information content (AvgIpc) is 2.44. The highest BCUT2D eigenvalue weighted by Crippen LogP contribution is 2.13. The Morgan fingerprint density at radius 2 is 2.21 bits per heavy atom. The molecule has 2 N–H and O–H groups in total. The molecule has 1 atom stereocenters. The van der Waals surface area contributed by atoms with Gasteiger partial charge >= 0.3 is 0 Å². The lowest BCUT2D eigenvalue weighted by atomic mass is 10.1. The van der Waals surface area contributed by atoms with Gasteiger partial charge in [-0.2, -0.15) is 5.10 Å². The topological polar surface area (TPSA) is 53.1 Å². The molecule has 0 saturated heterocycles. The lowest BCUT2D eigenvalue weighted by Crippen LogP contribution is -2.25. The fraction of sp³-hybridized carbons (Fsp3) is 0.700. The minimum Gasteiger partial charge on any atom is -0.396 e. The van der Waals surface area contributed by atoms with Crippen molar-refractivity contribution in [3.63, 3.8) is 0 Å². The van der Waals surface area contributed by atoms with Gasteiger partial charge in [0, 0.05) is 7.11 Å². The Labute approximate surface area is 85.0 Å². The highest BCUT2D eigenvalue weighted by molar-refractivity contribution is 5.39. The molecule has 1 rings (SSSR count). The Morgan fingerprint density at radius 1 is 1.57 bits per heavy atom. The van der Waals surface area contributed by atoms with Crippen molar-refractivity contribution in [2.45, 2.75) is 33.4 Å². The molecule has 0 bridgehead atoms. The molecule has 0 aliphatic heterocycles. The molecule has 1 aromatic rings. The first-order valence-electron chi connectivity index (χ1n) is 4.87. The molecule has 0 radical (unpaired) electrons. The number of nitrogen functional groups attached to an aromatic ring is 1. The first-order valence-corrected chi connectivity index (χ1v) is 4.87. The maximum Gasteiger partial charge on any atom is 0.0790 e. The molecule has 0 amide bonds. The van der Waals surface area contributed by atoms with Crippen LogP contribution in [0.1, 0.15) is 19.5 Å². The van der Waals surface area contributed by atoms with Gasteiger partial charge < -0.3 is 10.5 Å². The van der Waals surface area contributed by atoms with Gasteiger partial charge in [-0.05, 0) is 12.8 Å². The van der Waals surface area contributed by atoms with Crippen molar-refractivity contribution in [3.8, 4) is 0 Å². The van der Waals surface area contributed by atoms with Gasteiger partial charge in [0.25, 0.3) is 0 Å². The van der Waals surface area contributed by atoms with Gasteiger partial charge in [0.2, 0.25) is 0 Å². The van der Waals surface area contributed by atoms with E-state index in [9.17, 15) is 0 Å². The zero-order valence-corrected chi connectivity index (χ0v) is 9.32. The Morgan fingerprint density at radius 3 is 2.57 bits per heavy atom. The lowest BCUT2D eigenvalue weighted by molar-refractivity contribution is 0.0478. The van der Waals surface area contributed by atoms with Crippen molar-refractivity contribution < 1.29 is 4.74 Å². The van der Waals surface area contributed by atoms with E-state index in [2.05, 4.69) is 18.9 Å². The highest BCUT2D eigenvalue weighted by Gasteiger charge is 2.14. The Kier molecular flexibility index (Phi) is 3.52. The SMILES string of the molecule is COC(Cn1ncc(N)c1C)C(C)C. The number of hydrogen-bond donors (Lipinski definition) is 1. The van der Waals surface area contributed by atoms with Crippen LogP contribution in [0, 0.1) is 12.8 Å². The fourth-order valence-electron chi connectivity index (χ4n) is 1.37. The first kappa shape index (κ1) is 11.0. The van der Waals surface area contributed by atoms with Crippen LogP contribution in [0.5, 0.6) is 0 Å². The summed E-state index contributed by atoms with van der Waals surface area (Å²) in [6.45, 7) is 7.00. The van der Waals surface area contributed by atoms with Gasteiger partial charge in [-0.3, -0.25) is 4.68 Å². The third-order valence-corrected chi connectivity index (χ3v) is 2.54. The third-order valence-electron chi connectivity index (χ3n) is 2.54. The van der Waals surface area contributed by atoms with Crippen molar-refractivity contribution in [3.05, 3.63) is 11.9 Å². The van der Waals surface area contributed by atoms with E-state index in [1.165, 1.54) is 0 Å². The number of anilines is 1. The van der Waals surface area contributed by atoms with E-state index >= 15 is 0 Å². The van der Waals surface area contributed by atoms with Gasteiger partial charge in [-0.1, -0.05) is 13.8 Å². The summed E-state index contributed by atoms with van der Waals surface area (Å²) in [5.41, 5.74) is 7.46. The highest BCUT2D eigenvalue weighted by atomic mass is 16.5. The summed E-state index contributed by atoms with van der Waals surface area (Å²) in [7, 11) is 1.73. The second kappa shape index (κ2) is 4.46. The normalized spacial score (nSPS) is 13.5. The summed E-state index contributed by atoms with van der Waals surface area (Å²) in [5, 5.41) is 4.20. The summed E-state index contributed by atoms with van der Waals surface area (Å²) in [6, 6.07) is 0. The largest absolute Gasteiger partial charge is 0.396 e. The Hall–Kier alpha value is -1.03. The molecule has 0 saturated carbocycles. The van der Waals surface area contributed by atoms with Gasteiger partial charge in [0.1, 0.15) is 0 Å². The van der Waals surface area contributed by atoms with E-state index < -0.39 is 0 Å². The standard InChI is InChI=1S/C10H19N3O/c1-7(2)10(14-4)6-13-8(3)9(11)5-12-13/h5,7,10H,6,11H2,1-4H3. The van der Waals surface area contributed by atoms with Crippen molar-refractivity contribution >= 4 is 5.69 Å². The molecule has 4 heteroatoms. The third kappa shape index (κ3) is 2.26. The summed E-state index contributed by atoms with van der Waals surface area (Å²) in [6.07, 6.45) is 1.87. The molecule has 1 aromatic heterocycles. The van der Waals surface area contributed by atoms with Crippen LogP contribution in [0.3, 0.4) is 0 Å². The predicted molar refractivity (Wildman–Crippen MR) is 57.0 cm³/mol. The lowest BCUT2D eigenvalue weighted by Gasteiger charge is -2.19. The minimum absolute atomic E-state index is 0.188. The quantitative estimate of drug-likeness (QED) is 0.794. The maximum absolute atomic E-state index is 5.71. The second-order valence-corrected chi connectivity index (χ2v) is 3.89. The van der Waals surface area contributed by atoms with Crippen LogP contribution in [0.15, 0.2) is 6.20 Å². The number of methoxy groups -OCH3 is 1. The van der Waals surface area contributed by atoms with Gasteiger partial charge in [-0.25, -0.2) is 0 Å². The van der Waals surface area contributed by atoms with Gasteiger partial charge in [-0.15, -0.1) is 0 Å². The molecule has 0 spiro atoms. The van der Waals surface area contributed by atoms with Crippen LogP contribution >= 0.6 is 0 Å². The molecule has 4 nitrogen and oxygen atoms in total. The van der Waals surface area contributed by atoms with E-state index in [0.29, 0.717) is 5.92 Å². The molecule has 0 aliphatic carbocycles. The molecule has 0 aliphatic rings. The molecule has 14 heavy (non-hydrogen) atoms. The summed E-state index contributed by atoms with van der Waals surface area (Å²) in [5.74, 6) is 0.477. The predicted octanol–water partition coefficient (Wildman–Crippen LogP) is 1.44.